The summed E-state index contributed by atoms with van der Waals surface area (Å²) in [7, 11) is -3.67. The molecular weight excluding hydrogens is 480 g/mol. The van der Waals surface area contributed by atoms with Crippen molar-refractivity contribution in [2.45, 2.75) is 37.6 Å². The fraction of sp³-hybridized carbons (Fsp3) is 0.385. The Morgan fingerprint density at radius 1 is 1.03 bits per heavy atom. The van der Waals surface area contributed by atoms with Crippen molar-refractivity contribution in [2.75, 3.05) is 26.3 Å². The average molecular weight is 515 g/mol. The largest absolute Gasteiger partial charge is 0.378 e. The number of rotatable bonds is 9. The molecule has 0 spiro atoms. The summed E-state index contributed by atoms with van der Waals surface area (Å²) in [6, 6.07) is 13.9. The van der Waals surface area contributed by atoms with Crippen LogP contribution >= 0.6 is 10.6 Å². The molecule has 1 atom stereocenters. The summed E-state index contributed by atoms with van der Waals surface area (Å²) in [5, 5.41) is 18.5. The van der Waals surface area contributed by atoms with Crippen molar-refractivity contribution in [2.24, 2.45) is 5.92 Å². The third kappa shape index (κ3) is 7.01. The number of nitrogens with one attached hydrogen (secondary N) is 3. The smallest absolute Gasteiger partial charge is 0.318 e. The first-order valence-corrected chi connectivity index (χ1v) is 13.4. The summed E-state index contributed by atoms with van der Waals surface area (Å²) in [5.74, 6) is -0.214. The third-order valence-corrected chi connectivity index (χ3v) is 7.58. The molecule has 1 heterocycles. The van der Waals surface area contributed by atoms with Crippen LogP contribution in [0.25, 0.3) is 0 Å². The Morgan fingerprint density at radius 2 is 1.64 bits per heavy atom. The molecule has 0 radical (unpaired) electrons. The summed E-state index contributed by atoms with van der Waals surface area (Å²) >= 11 is 0. The standard InChI is InChI=1S/C26H34N4O5S/c1-18(2)16-22(27)25(28)36(33,34)21-10-8-20(9-11-21)24(31)23(17-19-6-4-3-5-7-19)29-26(32)30-12-14-35-15-13-30/h3-11,18,23,27-28,33-34H,12-17H2,1-2H3,(H,29,32)/t23-/m0/s1. The maximum absolute atomic E-state index is 13.4. The van der Waals surface area contributed by atoms with Crippen LogP contribution < -0.4 is 5.32 Å². The number of hydrogen-bond acceptors (Lipinski definition) is 7. The minimum Gasteiger partial charge on any atom is -0.378 e. The predicted octanol–water partition coefficient (Wildman–Crippen LogP) is 4.68. The number of hydrogen-bond donors (Lipinski definition) is 5. The Hall–Kier alpha value is -3.05. The lowest BCUT2D eigenvalue weighted by Gasteiger charge is -2.33. The van der Waals surface area contributed by atoms with Gasteiger partial charge in [0, 0.05) is 25.1 Å². The van der Waals surface area contributed by atoms with Gasteiger partial charge >= 0.3 is 6.03 Å². The lowest BCUT2D eigenvalue weighted by atomic mass is 9.97. The second-order valence-corrected chi connectivity index (χ2v) is 11.1. The lowest BCUT2D eigenvalue weighted by Crippen LogP contribution is -2.51. The number of ketones is 1. The van der Waals surface area contributed by atoms with Crippen molar-refractivity contribution in [1.82, 2.24) is 10.2 Å². The number of ether oxygens (including phenoxy) is 1. The first kappa shape index (κ1) is 27.5. The SMILES string of the molecule is CC(C)CC(=N)C(=N)S(O)(O)c1ccc(C(=O)[C@H](Cc2ccccc2)NC(=O)N2CCOCC2)cc1. The number of urea groups is 1. The van der Waals surface area contributed by atoms with E-state index >= 15 is 0 Å². The Balaban J connectivity index is 1.79. The molecule has 1 aliphatic rings. The molecule has 0 unspecified atom stereocenters. The van der Waals surface area contributed by atoms with Crippen LogP contribution in [-0.4, -0.2) is 68.9 Å². The van der Waals surface area contributed by atoms with E-state index in [1.54, 1.807) is 4.90 Å². The Labute approximate surface area is 213 Å². The van der Waals surface area contributed by atoms with Crippen LogP contribution in [0.1, 0.15) is 36.2 Å². The fourth-order valence-electron chi connectivity index (χ4n) is 3.87. The van der Waals surface area contributed by atoms with Crippen LogP contribution in [0.5, 0.6) is 0 Å². The number of nitrogens with zero attached hydrogens (tertiary/aromatic N) is 1. The highest BCUT2D eigenvalue weighted by Gasteiger charge is 2.28. The van der Waals surface area contributed by atoms with Gasteiger partial charge in [-0.25, -0.2) is 4.79 Å². The first-order valence-electron chi connectivity index (χ1n) is 11.9. The minimum atomic E-state index is -3.67. The van der Waals surface area contributed by atoms with Crippen molar-refractivity contribution >= 4 is 33.2 Å². The zero-order valence-electron chi connectivity index (χ0n) is 20.6. The highest BCUT2D eigenvalue weighted by atomic mass is 32.3. The van der Waals surface area contributed by atoms with Gasteiger partial charge in [0.05, 0.1) is 29.9 Å². The van der Waals surface area contributed by atoms with E-state index in [2.05, 4.69) is 5.32 Å². The van der Waals surface area contributed by atoms with Gasteiger partial charge in [-0.1, -0.05) is 44.2 Å². The quantitative estimate of drug-likeness (QED) is 0.187. The van der Waals surface area contributed by atoms with Gasteiger partial charge in [0.15, 0.2) is 10.8 Å². The molecule has 194 valence electrons. The molecule has 1 saturated heterocycles. The van der Waals surface area contributed by atoms with Crippen LogP contribution in [0.4, 0.5) is 4.79 Å². The number of Topliss-reactive ketones (excluding diaryl/α,β-unsaturated/α-hetero) is 1. The molecule has 0 bridgehead atoms. The average Bonchev–Trinajstić information content (AvgIpc) is 2.88. The van der Waals surface area contributed by atoms with Gasteiger partial charge in [-0.3, -0.25) is 19.3 Å². The zero-order valence-corrected chi connectivity index (χ0v) is 21.4. The molecule has 2 aromatic carbocycles. The Morgan fingerprint density at radius 3 is 2.22 bits per heavy atom. The molecule has 5 N–H and O–H groups in total. The van der Waals surface area contributed by atoms with Crippen LogP contribution in [0.2, 0.25) is 0 Å². The van der Waals surface area contributed by atoms with E-state index in [0.717, 1.165) is 5.56 Å². The molecule has 0 aromatic heterocycles. The van der Waals surface area contributed by atoms with E-state index in [4.69, 9.17) is 15.6 Å². The number of carbonyl (C=O) groups excluding carboxylic acids is 2. The second kappa shape index (κ2) is 12.3. The summed E-state index contributed by atoms with van der Waals surface area (Å²) in [6.45, 7) is 5.56. The number of amides is 2. The van der Waals surface area contributed by atoms with E-state index < -0.39 is 21.7 Å². The molecule has 1 fully saturated rings. The van der Waals surface area contributed by atoms with E-state index in [9.17, 15) is 18.7 Å². The van der Waals surface area contributed by atoms with Crippen molar-refractivity contribution in [3.05, 3.63) is 65.7 Å². The Kier molecular flexibility index (Phi) is 9.38. The Bertz CT molecular complexity index is 1080. The minimum absolute atomic E-state index is 0.0644. The second-order valence-electron chi connectivity index (χ2n) is 9.13. The zero-order chi connectivity index (χ0) is 26.3. The summed E-state index contributed by atoms with van der Waals surface area (Å²) in [4.78, 5) is 28.0. The maximum atomic E-state index is 13.4. The summed E-state index contributed by atoms with van der Waals surface area (Å²) in [6.07, 6.45) is 0.555. The summed E-state index contributed by atoms with van der Waals surface area (Å²) in [5.41, 5.74) is 1.06. The monoisotopic (exact) mass is 514 g/mol. The molecule has 2 aromatic rings. The van der Waals surface area contributed by atoms with Gasteiger partial charge in [-0.2, -0.15) is 0 Å². The molecule has 3 rings (SSSR count). The normalized spacial score (nSPS) is 15.3. The maximum Gasteiger partial charge on any atom is 0.318 e. The van der Waals surface area contributed by atoms with Crippen molar-refractivity contribution in [3.8, 4) is 0 Å². The number of benzene rings is 2. The van der Waals surface area contributed by atoms with Crippen LogP contribution in [0.15, 0.2) is 59.5 Å². The molecule has 1 aliphatic heterocycles. The van der Waals surface area contributed by atoms with E-state index in [-0.39, 0.29) is 34.8 Å². The third-order valence-electron chi connectivity index (χ3n) is 5.83. The summed E-state index contributed by atoms with van der Waals surface area (Å²) < 4.78 is 26.6. The van der Waals surface area contributed by atoms with Crippen LogP contribution in [0, 0.1) is 16.7 Å². The lowest BCUT2D eigenvalue weighted by molar-refractivity contribution is 0.0522. The van der Waals surface area contributed by atoms with E-state index in [0.29, 0.717) is 38.3 Å². The first-order chi connectivity index (χ1) is 17.1. The van der Waals surface area contributed by atoms with Crippen LogP contribution in [0.3, 0.4) is 0 Å². The van der Waals surface area contributed by atoms with Gasteiger partial charge in [0.2, 0.25) is 0 Å². The highest BCUT2D eigenvalue weighted by molar-refractivity contribution is 8.38. The predicted molar refractivity (Wildman–Crippen MR) is 142 cm³/mol. The number of morpholine rings is 1. The topological polar surface area (TPSA) is 147 Å². The van der Waals surface area contributed by atoms with Gasteiger partial charge in [-0.05, 0) is 42.2 Å². The fourth-order valence-corrected chi connectivity index (χ4v) is 5.04. The van der Waals surface area contributed by atoms with Gasteiger partial charge < -0.3 is 20.4 Å². The molecule has 9 nitrogen and oxygen atoms in total. The van der Waals surface area contributed by atoms with Crippen molar-refractivity contribution in [1.29, 1.82) is 10.8 Å². The molecule has 0 aliphatic carbocycles. The van der Waals surface area contributed by atoms with Crippen molar-refractivity contribution in [3.63, 3.8) is 0 Å². The highest BCUT2D eigenvalue weighted by Crippen LogP contribution is 2.49. The van der Waals surface area contributed by atoms with Gasteiger partial charge in [0.25, 0.3) is 0 Å². The van der Waals surface area contributed by atoms with Gasteiger partial charge in [0.1, 0.15) is 0 Å². The van der Waals surface area contributed by atoms with E-state index in [1.165, 1.54) is 24.3 Å². The molecule has 0 saturated carbocycles. The molecule has 2 amide bonds. The van der Waals surface area contributed by atoms with E-state index in [1.807, 2.05) is 44.2 Å². The molecule has 36 heavy (non-hydrogen) atoms. The molecule has 10 heteroatoms. The van der Waals surface area contributed by atoms with Crippen molar-refractivity contribution < 1.29 is 23.4 Å². The number of carbonyl (C=O) groups is 2. The van der Waals surface area contributed by atoms with Gasteiger partial charge in [-0.15, -0.1) is 10.6 Å². The van der Waals surface area contributed by atoms with Crippen LogP contribution in [-0.2, 0) is 11.2 Å². The molecular formula is C26H34N4O5S.